The summed E-state index contributed by atoms with van der Waals surface area (Å²) in [6, 6.07) is 10.2. The maximum atomic E-state index is 13.2. The number of benzene rings is 1. The van der Waals surface area contributed by atoms with Crippen LogP contribution in [0.3, 0.4) is 0 Å². The lowest BCUT2D eigenvalue weighted by molar-refractivity contribution is 0.0222. The normalized spacial score (nSPS) is 18.7. The van der Waals surface area contributed by atoms with Gasteiger partial charge in [0.2, 0.25) is 0 Å². The van der Waals surface area contributed by atoms with Crippen molar-refractivity contribution in [2.75, 3.05) is 25.5 Å². The fourth-order valence-electron chi connectivity index (χ4n) is 5.29. The first kappa shape index (κ1) is 25.1. The zero-order valence-electron chi connectivity index (χ0n) is 21.8. The van der Waals surface area contributed by atoms with E-state index in [9.17, 15) is 4.79 Å². The first-order valence-corrected chi connectivity index (χ1v) is 13.0. The lowest BCUT2D eigenvalue weighted by Crippen LogP contribution is -2.36. The smallest absolute Gasteiger partial charge is 0.410 e. The van der Waals surface area contributed by atoms with E-state index in [0.717, 1.165) is 61.3 Å². The van der Waals surface area contributed by atoms with E-state index in [4.69, 9.17) is 20.2 Å². The van der Waals surface area contributed by atoms with Crippen LogP contribution < -0.4 is 5.73 Å². The highest BCUT2D eigenvalue weighted by molar-refractivity contribution is 5.73. The van der Waals surface area contributed by atoms with Gasteiger partial charge in [0.05, 0.1) is 17.9 Å². The predicted octanol–water partition coefficient (Wildman–Crippen LogP) is 5.75. The third-order valence-corrected chi connectivity index (χ3v) is 7.04. The standard InChI is InChI=1S/C29H35N5O3/c1-29(2,3)37-28(35)34-14-4-5-25(34)23-17-21(6-7-22(23)19-10-15-36-16-11-19)24-18-32-27(30)26(33-24)20-8-12-31-13-9-20/h6-9,12-13,17-19,25H,4-5,10-11,14-16H2,1-3H3,(H2,30,32)/t25-/m0/s1. The molecule has 0 unspecified atom stereocenters. The number of rotatable bonds is 4. The topological polar surface area (TPSA) is 103 Å². The van der Waals surface area contributed by atoms with Crippen LogP contribution in [0.1, 0.15) is 69.5 Å². The van der Waals surface area contributed by atoms with Crippen molar-refractivity contribution in [3.63, 3.8) is 0 Å². The van der Waals surface area contributed by atoms with Gasteiger partial charge < -0.3 is 20.1 Å². The summed E-state index contributed by atoms with van der Waals surface area (Å²) in [5, 5.41) is 0. The van der Waals surface area contributed by atoms with Gasteiger partial charge in [0, 0.05) is 43.3 Å². The number of ether oxygens (including phenoxy) is 2. The summed E-state index contributed by atoms with van der Waals surface area (Å²) in [6.07, 6.45) is 8.67. The van der Waals surface area contributed by atoms with Crippen molar-refractivity contribution in [1.82, 2.24) is 19.9 Å². The van der Waals surface area contributed by atoms with Crippen LogP contribution in [-0.4, -0.2) is 51.3 Å². The minimum atomic E-state index is -0.543. The number of likely N-dealkylation sites (tertiary alicyclic amines) is 1. The van der Waals surface area contributed by atoms with Crippen molar-refractivity contribution in [1.29, 1.82) is 0 Å². The molecule has 2 aliphatic rings. The van der Waals surface area contributed by atoms with Gasteiger partial charge in [-0.25, -0.2) is 14.8 Å². The molecular formula is C29H35N5O3. The van der Waals surface area contributed by atoms with E-state index in [2.05, 4.69) is 28.2 Å². The molecule has 2 saturated heterocycles. The molecule has 0 bridgehead atoms. The van der Waals surface area contributed by atoms with Gasteiger partial charge in [0.25, 0.3) is 0 Å². The number of aromatic nitrogens is 3. The number of carbonyl (C=O) groups excluding carboxylic acids is 1. The van der Waals surface area contributed by atoms with Gasteiger partial charge in [0.1, 0.15) is 17.1 Å². The summed E-state index contributed by atoms with van der Waals surface area (Å²) < 4.78 is 11.4. The molecule has 1 amide bonds. The quantitative estimate of drug-likeness (QED) is 0.485. The van der Waals surface area contributed by atoms with Crippen LogP contribution in [0, 0.1) is 0 Å². The number of hydrogen-bond donors (Lipinski definition) is 1. The lowest BCUT2D eigenvalue weighted by Gasteiger charge is -2.32. The summed E-state index contributed by atoms with van der Waals surface area (Å²) >= 11 is 0. The van der Waals surface area contributed by atoms with Crippen molar-refractivity contribution < 1.29 is 14.3 Å². The Labute approximate surface area is 218 Å². The van der Waals surface area contributed by atoms with Crippen molar-refractivity contribution in [3.8, 4) is 22.5 Å². The Hall–Kier alpha value is -3.52. The first-order valence-electron chi connectivity index (χ1n) is 13.0. The van der Waals surface area contributed by atoms with Gasteiger partial charge in [0.15, 0.2) is 0 Å². The van der Waals surface area contributed by atoms with Crippen LogP contribution in [-0.2, 0) is 9.47 Å². The maximum absolute atomic E-state index is 13.2. The number of amides is 1. The highest BCUT2D eigenvalue weighted by Gasteiger charge is 2.35. The number of pyridine rings is 1. The second-order valence-corrected chi connectivity index (χ2v) is 10.8. The molecule has 0 radical (unpaired) electrons. The third-order valence-electron chi connectivity index (χ3n) is 7.04. The highest BCUT2D eigenvalue weighted by Crippen LogP contribution is 2.41. The Balaban J connectivity index is 1.56. The monoisotopic (exact) mass is 501 g/mol. The molecule has 2 aromatic heterocycles. The number of nitrogen functional groups attached to an aromatic ring is 1. The number of carbonyl (C=O) groups is 1. The molecular weight excluding hydrogens is 466 g/mol. The predicted molar refractivity (Wildman–Crippen MR) is 143 cm³/mol. The maximum Gasteiger partial charge on any atom is 0.410 e. The molecule has 0 spiro atoms. The average molecular weight is 502 g/mol. The molecule has 8 heteroatoms. The van der Waals surface area contributed by atoms with E-state index >= 15 is 0 Å². The average Bonchev–Trinajstić information content (AvgIpc) is 3.39. The molecule has 1 aromatic carbocycles. The summed E-state index contributed by atoms with van der Waals surface area (Å²) in [5.74, 6) is 0.768. The second-order valence-electron chi connectivity index (χ2n) is 10.8. The first-order chi connectivity index (χ1) is 17.8. The van der Waals surface area contributed by atoms with Crippen LogP contribution in [0.2, 0.25) is 0 Å². The number of nitrogens with two attached hydrogens (primary N) is 1. The van der Waals surface area contributed by atoms with Crippen molar-refractivity contribution in [2.45, 2.75) is 64.0 Å². The Morgan fingerprint density at radius 3 is 2.54 bits per heavy atom. The zero-order valence-corrected chi connectivity index (χ0v) is 21.8. The summed E-state index contributed by atoms with van der Waals surface area (Å²) in [6.45, 7) is 7.92. The number of nitrogens with zero attached hydrogens (tertiary/aromatic N) is 4. The molecule has 2 aliphatic heterocycles. The van der Waals surface area contributed by atoms with Crippen LogP contribution in [0.25, 0.3) is 22.5 Å². The van der Waals surface area contributed by atoms with Crippen LogP contribution in [0.4, 0.5) is 10.6 Å². The fourth-order valence-corrected chi connectivity index (χ4v) is 5.29. The van der Waals surface area contributed by atoms with E-state index in [1.54, 1.807) is 18.6 Å². The van der Waals surface area contributed by atoms with Gasteiger partial charge in [-0.2, -0.15) is 0 Å². The zero-order chi connectivity index (χ0) is 26.0. The Morgan fingerprint density at radius 1 is 1.05 bits per heavy atom. The fraction of sp³-hybridized carbons (Fsp3) is 0.448. The van der Waals surface area contributed by atoms with Gasteiger partial charge in [-0.3, -0.25) is 4.98 Å². The molecule has 37 heavy (non-hydrogen) atoms. The molecule has 0 saturated carbocycles. The molecule has 2 fully saturated rings. The minimum Gasteiger partial charge on any atom is -0.444 e. The van der Waals surface area contributed by atoms with E-state index in [1.807, 2.05) is 37.8 Å². The Bertz CT molecular complexity index is 1250. The molecule has 194 valence electrons. The molecule has 2 N–H and O–H groups in total. The second kappa shape index (κ2) is 10.5. The Kier molecular flexibility index (Phi) is 7.11. The van der Waals surface area contributed by atoms with Crippen LogP contribution in [0.15, 0.2) is 48.9 Å². The summed E-state index contributed by atoms with van der Waals surface area (Å²) in [7, 11) is 0. The van der Waals surface area contributed by atoms with Crippen molar-refractivity contribution in [3.05, 3.63) is 60.0 Å². The molecule has 5 rings (SSSR count). The van der Waals surface area contributed by atoms with Crippen LogP contribution in [0.5, 0.6) is 0 Å². The van der Waals surface area contributed by atoms with E-state index < -0.39 is 5.60 Å². The van der Waals surface area contributed by atoms with Gasteiger partial charge >= 0.3 is 6.09 Å². The van der Waals surface area contributed by atoms with E-state index in [1.165, 1.54) is 5.56 Å². The SMILES string of the molecule is CC(C)(C)OC(=O)N1CCC[C@H]1c1cc(-c2cnc(N)c(-c3ccncc3)n2)ccc1C1CCOCC1. The van der Waals surface area contributed by atoms with Gasteiger partial charge in [-0.05, 0) is 81.7 Å². The van der Waals surface area contributed by atoms with Crippen molar-refractivity contribution >= 4 is 11.9 Å². The third kappa shape index (κ3) is 5.59. The molecule has 3 aromatic rings. The van der Waals surface area contributed by atoms with Gasteiger partial charge in [-0.1, -0.05) is 12.1 Å². The summed E-state index contributed by atoms with van der Waals surface area (Å²) in [5.41, 5.74) is 11.3. The number of hydrogen-bond acceptors (Lipinski definition) is 7. The van der Waals surface area contributed by atoms with E-state index in [-0.39, 0.29) is 12.1 Å². The van der Waals surface area contributed by atoms with Crippen molar-refractivity contribution in [2.24, 2.45) is 0 Å². The van der Waals surface area contributed by atoms with Gasteiger partial charge in [-0.15, -0.1) is 0 Å². The highest BCUT2D eigenvalue weighted by atomic mass is 16.6. The Morgan fingerprint density at radius 2 is 1.81 bits per heavy atom. The van der Waals surface area contributed by atoms with E-state index in [0.29, 0.717) is 24.0 Å². The molecule has 4 heterocycles. The molecule has 0 aliphatic carbocycles. The minimum absolute atomic E-state index is 0.0472. The lowest BCUT2D eigenvalue weighted by atomic mass is 9.84. The van der Waals surface area contributed by atoms with Crippen LogP contribution >= 0.6 is 0 Å². The number of anilines is 1. The largest absolute Gasteiger partial charge is 0.444 e. The molecule has 1 atom stereocenters. The molecule has 8 nitrogen and oxygen atoms in total. The summed E-state index contributed by atoms with van der Waals surface area (Å²) in [4.78, 5) is 28.5.